The van der Waals surface area contributed by atoms with E-state index in [4.69, 9.17) is 23.7 Å². The molecule has 2 aliphatic rings. The summed E-state index contributed by atoms with van der Waals surface area (Å²) in [5, 5.41) is 14.2. The number of nitrogens with zero attached hydrogens (tertiary/aromatic N) is 1. The van der Waals surface area contributed by atoms with E-state index in [1.165, 1.54) is 19.2 Å². The van der Waals surface area contributed by atoms with Gasteiger partial charge in [-0.25, -0.2) is 9.59 Å². The van der Waals surface area contributed by atoms with Gasteiger partial charge in [-0.3, -0.25) is 4.90 Å². The monoisotopic (exact) mass is 514 g/mol. The van der Waals surface area contributed by atoms with E-state index in [2.05, 4.69) is 10.2 Å². The van der Waals surface area contributed by atoms with Gasteiger partial charge in [0.2, 0.25) is 0 Å². The van der Waals surface area contributed by atoms with Crippen LogP contribution in [0.2, 0.25) is 0 Å². The first kappa shape index (κ1) is 26.7. The number of aryl methyl sites for hydroxylation is 1. The van der Waals surface area contributed by atoms with Gasteiger partial charge in [-0.05, 0) is 38.0 Å². The second-order valence-corrected chi connectivity index (χ2v) is 9.06. The van der Waals surface area contributed by atoms with Crippen LogP contribution in [0.15, 0.2) is 12.1 Å². The van der Waals surface area contributed by atoms with Crippen LogP contribution < -0.4 is 19.5 Å². The molecule has 0 bridgehead atoms. The number of morpholine rings is 1. The second-order valence-electron chi connectivity index (χ2n) is 9.06. The topological polar surface area (TPSA) is 116 Å². The molecule has 0 radical (unpaired) electrons. The first-order valence-corrected chi connectivity index (χ1v) is 12.5. The number of carbonyl (C=O) groups excluding carboxylic acids is 2. The molecular formula is C27H34N2O8. The average Bonchev–Trinajstić information content (AvgIpc) is 3.04. The largest absolute Gasteiger partial charge is 0.507 e. The zero-order valence-corrected chi connectivity index (χ0v) is 21.8. The van der Waals surface area contributed by atoms with Crippen LogP contribution in [0.5, 0.6) is 28.7 Å². The number of hydrogen-bond acceptors (Lipinski definition) is 10. The molecule has 0 saturated carbocycles. The summed E-state index contributed by atoms with van der Waals surface area (Å²) in [6, 6.07) is 3.03. The van der Waals surface area contributed by atoms with Crippen molar-refractivity contribution in [2.45, 2.75) is 33.7 Å². The number of carbonyl (C=O) groups is 2. The molecule has 2 heterocycles. The Morgan fingerprint density at radius 1 is 1.14 bits per heavy atom. The first-order valence-electron chi connectivity index (χ1n) is 12.5. The Balaban J connectivity index is 1.70. The number of phenols is 1. The summed E-state index contributed by atoms with van der Waals surface area (Å²) in [5.74, 6) is -0.668. The Morgan fingerprint density at radius 2 is 1.89 bits per heavy atom. The Labute approximate surface area is 216 Å². The molecule has 2 aromatic rings. The number of esters is 2. The van der Waals surface area contributed by atoms with Gasteiger partial charge in [-0.2, -0.15) is 0 Å². The van der Waals surface area contributed by atoms with Crippen molar-refractivity contribution < 1.29 is 38.4 Å². The SMILES string of the molecule is CCCOC(=O)c1cc(OC)c(C)c2c1Oc1c(CNCCN3CCOCC3)c(O)cc(C)c1C(=O)O2. The zero-order chi connectivity index (χ0) is 26.5. The summed E-state index contributed by atoms with van der Waals surface area (Å²) in [7, 11) is 1.47. The lowest BCUT2D eigenvalue weighted by Gasteiger charge is -2.26. The van der Waals surface area contributed by atoms with Crippen LogP contribution in [0.4, 0.5) is 0 Å². The molecule has 0 amide bonds. The smallest absolute Gasteiger partial charge is 0.347 e. The predicted molar refractivity (Wildman–Crippen MR) is 135 cm³/mol. The van der Waals surface area contributed by atoms with Crippen LogP contribution in [0.1, 0.15) is 50.8 Å². The van der Waals surface area contributed by atoms with E-state index in [-0.39, 0.29) is 47.3 Å². The quantitative estimate of drug-likeness (QED) is 0.293. The van der Waals surface area contributed by atoms with Crippen molar-refractivity contribution in [1.29, 1.82) is 0 Å². The minimum atomic E-state index is -0.648. The van der Waals surface area contributed by atoms with Crippen molar-refractivity contribution in [3.8, 4) is 28.7 Å². The van der Waals surface area contributed by atoms with E-state index in [0.717, 1.165) is 32.8 Å². The van der Waals surface area contributed by atoms with E-state index in [0.29, 0.717) is 35.4 Å². The van der Waals surface area contributed by atoms with Gasteiger partial charge in [-0.1, -0.05) is 6.92 Å². The number of phenolic OH excluding ortho intramolecular Hbond substituents is 1. The van der Waals surface area contributed by atoms with Crippen molar-refractivity contribution >= 4 is 11.9 Å². The van der Waals surface area contributed by atoms with E-state index >= 15 is 0 Å². The predicted octanol–water partition coefficient (Wildman–Crippen LogP) is 3.33. The van der Waals surface area contributed by atoms with Gasteiger partial charge in [0.1, 0.15) is 22.6 Å². The number of methoxy groups -OCH3 is 1. The molecule has 200 valence electrons. The Hall–Kier alpha value is -3.34. The third-order valence-electron chi connectivity index (χ3n) is 6.48. The summed E-state index contributed by atoms with van der Waals surface area (Å²) in [4.78, 5) is 28.6. The molecule has 0 aliphatic carbocycles. The van der Waals surface area contributed by atoms with Gasteiger partial charge in [-0.15, -0.1) is 0 Å². The molecule has 0 atom stereocenters. The highest BCUT2D eigenvalue weighted by molar-refractivity contribution is 6.01. The molecule has 2 aromatic carbocycles. The number of aromatic hydroxyl groups is 1. The summed E-state index contributed by atoms with van der Waals surface area (Å²) in [5.41, 5.74) is 1.64. The van der Waals surface area contributed by atoms with E-state index in [1.54, 1.807) is 13.8 Å². The third-order valence-corrected chi connectivity index (χ3v) is 6.48. The minimum absolute atomic E-state index is 0.0216. The minimum Gasteiger partial charge on any atom is -0.507 e. The van der Waals surface area contributed by atoms with Crippen LogP contribution in [0, 0.1) is 13.8 Å². The van der Waals surface area contributed by atoms with Crippen LogP contribution >= 0.6 is 0 Å². The van der Waals surface area contributed by atoms with Crippen molar-refractivity contribution in [2.75, 3.05) is 53.1 Å². The molecule has 2 aliphatic heterocycles. The molecule has 37 heavy (non-hydrogen) atoms. The molecule has 4 rings (SSSR count). The van der Waals surface area contributed by atoms with E-state index in [9.17, 15) is 14.7 Å². The molecule has 0 unspecified atom stereocenters. The van der Waals surface area contributed by atoms with Crippen molar-refractivity contribution in [1.82, 2.24) is 10.2 Å². The van der Waals surface area contributed by atoms with Crippen molar-refractivity contribution in [2.24, 2.45) is 0 Å². The molecule has 0 aromatic heterocycles. The molecule has 10 nitrogen and oxygen atoms in total. The van der Waals surface area contributed by atoms with Crippen LogP contribution in [0.25, 0.3) is 0 Å². The standard InChI is InChI=1S/C27H34N2O8/c1-5-10-35-26(31)18-14-21(33-4)17(3)23-25(18)36-24-19(15-28-6-7-29-8-11-34-12-9-29)20(30)13-16(2)22(24)27(32)37-23/h13-14,28,30H,5-12,15H2,1-4H3. The van der Waals surface area contributed by atoms with Gasteiger partial charge >= 0.3 is 11.9 Å². The third kappa shape index (κ3) is 5.66. The van der Waals surface area contributed by atoms with Crippen LogP contribution in [0.3, 0.4) is 0 Å². The van der Waals surface area contributed by atoms with Crippen molar-refractivity contribution in [3.63, 3.8) is 0 Å². The molecule has 0 spiro atoms. The summed E-state index contributed by atoms with van der Waals surface area (Å²) < 4.78 is 28.2. The molecule has 1 saturated heterocycles. The fourth-order valence-corrected chi connectivity index (χ4v) is 4.44. The maximum Gasteiger partial charge on any atom is 0.347 e. The van der Waals surface area contributed by atoms with Crippen molar-refractivity contribution in [3.05, 3.63) is 39.9 Å². The van der Waals surface area contributed by atoms with Gasteiger partial charge < -0.3 is 34.1 Å². The maximum atomic E-state index is 13.3. The molecule has 10 heteroatoms. The fourth-order valence-electron chi connectivity index (χ4n) is 4.44. The lowest BCUT2D eigenvalue weighted by Crippen LogP contribution is -2.40. The number of hydrogen-bond donors (Lipinski definition) is 2. The van der Waals surface area contributed by atoms with E-state index < -0.39 is 11.9 Å². The Morgan fingerprint density at radius 3 is 2.59 bits per heavy atom. The number of nitrogens with one attached hydrogen (secondary N) is 1. The highest BCUT2D eigenvalue weighted by atomic mass is 16.6. The molecular weight excluding hydrogens is 480 g/mol. The molecule has 2 N–H and O–H groups in total. The van der Waals surface area contributed by atoms with Crippen LogP contribution in [-0.4, -0.2) is 75.1 Å². The van der Waals surface area contributed by atoms with Gasteiger partial charge in [0, 0.05) is 38.3 Å². The second kappa shape index (κ2) is 11.8. The highest BCUT2D eigenvalue weighted by Crippen LogP contribution is 2.48. The first-order chi connectivity index (χ1) is 17.8. The number of rotatable bonds is 9. The van der Waals surface area contributed by atoms with Gasteiger partial charge in [0.25, 0.3) is 0 Å². The Bertz CT molecular complexity index is 1170. The van der Waals surface area contributed by atoms with Gasteiger partial charge in [0.05, 0.1) is 32.5 Å². The maximum absolute atomic E-state index is 13.3. The average molecular weight is 515 g/mol. The zero-order valence-electron chi connectivity index (χ0n) is 21.8. The summed E-state index contributed by atoms with van der Waals surface area (Å²) in [6.45, 7) is 10.4. The highest BCUT2D eigenvalue weighted by Gasteiger charge is 2.34. The number of benzene rings is 2. The number of fused-ring (bicyclic) bond motifs is 2. The normalized spacial score (nSPS) is 15.2. The van der Waals surface area contributed by atoms with Crippen LogP contribution in [-0.2, 0) is 16.0 Å². The van der Waals surface area contributed by atoms with Gasteiger partial charge in [0.15, 0.2) is 17.2 Å². The fraction of sp³-hybridized carbons (Fsp3) is 0.481. The summed E-state index contributed by atoms with van der Waals surface area (Å²) in [6.07, 6.45) is 0.642. The lowest BCUT2D eigenvalue weighted by molar-refractivity contribution is 0.0384. The molecule has 1 fully saturated rings. The Kier molecular flexibility index (Phi) is 8.52. The van der Waals surface area contributed by atoms with E-state index in [1.807, 2.05) is 6.92 Å². The lowest BCUT2D eigenvalue weighted by atomic mass is 10.0. The number of ether oxygens (including phenoxy) is 5. The summed E-state index contributed by atoms with van der Waals surface area (Å²) >= 11 is 0.